The van der Waals surface area contributed by atoms with Crippen LogP contribution in [0.3, 0.4) is 0 Å². The summed E-state index contributed by atoms with van der Waals surface area (Å²) in [5.41, 5.74) is 2.06. The number of anilines is 4. The summed E-state index contributed by atoms with van der Waals surface area (Å²) < 4.78 is 10.4. The summed E-state index contributed by atoms with van der Waals surface area (Å²) in [4.78, 5) is 12.5. The van der Waals surface area contributed by atoms with E-state index in [2.05, 4.69) is 25.6 Å². The van der Waals surface area contributed by atoms with Crippen molar-refractivity contribution in [2.75, 3.05) is 31.0 Å². The number of nitrogens with zero attached hydrogens (tertiary/aromatic N) is 3. The maximum atomic E-state index is 9.89. The van der Waals surface area contributed by atoms with Gasteiger partial charge in [0, 0.05) is 30.6 Å². The Bertz CT molecular complexity index is 951. The normalized spacial score (nSPS) is 10.5. The molecule has 28 heavy (non-hydrogen) atoms. The van der Waals surface area contributed by atoms with E-state index < -0.39 is 0 Å². The molecule has 0 bridgehead atoms. The Morgan fingerprint density at radius 2 is 1.57 bits per heavy atom. The third-order valence-corrected chi connectivity index (χ3v) is 3.80. The van der Waals surface area contributed by atoms with Gasteiger partial charge >= 0.3 is 0 Å². The molecule has 0 fully saturated rings. The number of aromatic nitrogens is 3. The molecule has 0 aliphatic rings. The Morgan fingerprint density at radius 3 is 2.25 bits per heavy atom. The van der Waals surface area contributed by atoms with Crippen molar-refractivity contribution in [3.05, 3.63) is 48.3 Å². The van der Waals surface area contributed by atoms with E-state index in [0.717, 1.165) is 5.56 Å². The van der Waals surface area contributed by atoms with Crippen LogP contribution in [0.5, 0.6) is 17.2 Å². The maximum Gasteiger partial charge on any atom is 0.232 e. The summed E-state index contributed by atoms with van der Waals surface area (Å²) >= 11 is 0. The second-order valence-corrected chi connectivity index (χ2v) is 5.91. The van der Waals surface area contributed by atoms with Gasteiger partial charge in [0.2, 0.25) is 11.9 Å². The fourth-order valence-corrected chi connectivity index (χ4v) is 2.30. The topological polar surface area (TPSA) is 122 Å². The van der Waals surface area contributed by atoms with Gasteiger partial charge in [0.25, 0.3) is 0 Å². The van der Waals surface area contributed by atoms with E-state index in [1.165, 1.54) is 12.4 Å². The van der Waals surface area contributed by atoms with Crippen LogP contribution in [0.15, 0.2) is 42.7 Å². The largest absolute Gasteiger partial charge is 0.508 e. The molecule has 0 aliphatic heterocycles. The van der Waals surface area contributed by atoms with Crippen LogP contribution >= 0.6 is 0 Å². The van der Waals surface area contributed by atoms with Gasteiger partial charge in [-0.25, -0.2) is 9.97 Å². The molecule has 146 valence electrons. The molecule has 4 N–H and O–H groups in total. The van der Waals surface area contributed by atoms with E-state index in [-0.39, 0.29) is 11.5 Å². The second-order valence-electron chi connectivity index (χ2n) is 5.91. The molecule has 0 atom stereocenters. The third-order valence-electron chi connectivity index (χ3n) is 3.80. The van der Waals surface area contributed by atoms with Crippen molar-refractivity contribution < 1.29 is 19.7 Å². The van der Waals surface area contributed by atoms with Gasteiger partial charge in [-0.3, -0.25) is 0 Å². The Balaban J connectivity index is 1.72. The lowest BCUT2D eigenvalue weighted by atomic mass is 10.2. The van der Waals surface area contributed by atoms with Gasteiger partial charge in [0.15, 0.2) is 11.5 Å². The molecule has 3 aromatic rings. The standard InChI is InChI=1S/C19H21N5O4/c1-12-3-4-13(9-16(12)26)22-18-20-11-21-19(24-18)23-14-5-6-15(25)17(10-14)28-8-7-27-2/h3-6,9-11,25-26H,7-8H2,1-2H3,(H2,20,21,22,23,24). The van der Waals surface area contributed by atoms with E-state index in [4.69, 9.17) is 9.47 Å². The highest BCUT2D eigenvalue weighted by atomic mass is 16.5. The lowest BCUT2D eigenvalue weighted by Crippen LogP contribution is -2.05. The smallest absolute Gasteiger partial charge is 0.232 e. The number of phenols is 2. The minimum Gasteiger partial charge on any atom is -0.508 e. The third kappa shape index (κ3) is 4.98. The van der Waals surface area contributed by atoms with Crippen molar-refractivity contribution in [1.82, 2.24) is 15.0 Å². The molecule has 0 spiro atoms. The fourth-order valence-electron chi connectivity index (χ4n) is 2.30. The predicted octanol–water partition coefficient (Wildman–Crippen LogP) is 3.10. The van der Waals surface area contributed by atoms with Crippen LogP contribution < -0.4 is 15.4 Å². The van der Waals surface area contributed by atoms with Crippen molar-refractivity contribution in [2.24, 2.45) is 0 Å². The number of nitrogens with one attached hydrogen (secondary N) is 2. The van der Waals surface area contributed by atoms with Gasteiger partial charge in [0.05, 0.1) is 6.61 Å². The quantitative estimate of drug-likeness (QED) is 0.343. The van der Waals surface area contributed by atoms with Crippen molar-refractivity contribution >= 4 is 23.3 Å². The summed E-state index contributed by atoms with van der Waals surface area (Å²) in [5, 5.41) is 25.7. The highest BCUT2D eigenvalue weighted by Crippen LogP contribution is 2.30. The molecule has 0 unspecified atom stereocenters. The van der Waals surface area contributed by atoms with Crippen molar-refractivity contribution in [3.63, 3.8) is 0 Å². The number of benzene rings is 2. The number of aromatic hydroxyl groups is 2. The SMILES string of the molecule is COCCOc1cc(Nc2ncnc(Nc3ccc(C)c(O)c3)n2)ccc1O. The molecule has 3 rings (SSSR count). The minimum atomic E-state index is 0.0267. The van der Waals surface area contributed by atoms with Crippen LogP contribution in [0.4, 0.5) is 23.3 Å². The van der Waals surface area contributed by atoms with E-state index >= 15 is 0 Å². The average molecular weight is 383 g/mol. The number of phenolic OH excluding ortho intramolecular Hbond substituents is 2. The van der Waals surface area contributed by atoms with Crippen LogP contribution in [0, 0.1) is 6.92 Å². The van der Waals surface area contributed by atoms with E-state index in [1.54, 1.807) is 31.4 Å². The van der Waals surface area contributed by atoms with Gasteiger partial charge in [0.1, 0.15) is 18.7 Å². The Kier molecular flexibility index (Phi) is 6.07. The van der Waals surface area contributed by atoms with Crippen LogP contribution in [0.1, 0.15) is 5.56 Å². The summed E-state index contributed by atoms with van der Waals surface area (Å²) in [7, 11) is 1.57. The number of hydrogen-bond acceptors (Lipinski definition) is 9. The zero-order chi connectivity index (χ0) is 19.9. The maximum absolute atomic E-state index is 9.89. The first-order chi connectivity index (χ1) is 13.5. The van der Waals surface area contributed by atoms with Gasteiger partial charge in [-0.15, -0.1) is 0 Å². The highest BCUT2D eigenvalue weighted by molar-refractivity contribution is 5.61. The van der Waals surface area contributed by atoms with Gasteiger partial charge in [-0.2, -0.15) is 4.98 Å². The number of methoxy groups -OCH3 is 1. The Hall–Kier alpha value is -3.59. The lowest BCUT2D eigenvalue weighted by Gasteiger charge is -2.11. The highest BCUT2D eigenvalue weighted by Gasteiger charge is 2.07. The molecule has 9 heteroatoms. The zero-order valence-corrected chi connectivity index (χ0v) is 15.5. The molecule has 2 aromatic carbocycles. The molecular weight excluding hydrogens is 362 g/mol. The first-order valence-electron chi connectivity index (χ1n) is 8.52. The van der Waals surface area contributed by atoms with Crippen LogP contribution in [0.2, 0.25) is 0 Å². The molecule has 0 saturated carbocycles. The van der Waals surface area contributed by atoms with Gasteiger partial charge in [-0.1, -0.05) is 6.07 Å². The van der Waals surface area contributed by atoms with E-state index in [0.29, 0.717) is 42.2 Å². The molecule has 0 aliphatic carbocycles. The number of hydrogen-bond donors (Lipinski definition) is 4. The molecule has 9 nitrogen and oxygen atoms in total. The Labute approximate surface area is 162 Å². The Morgan fingerprint density at radius 1 is 0.893 bits per heavy atom. The molecular formula is C19H21N5O4. The zero-order valence-electron chi connectivity index (χ0n) is 15.5. The molecule has 0 amide bonds. The first kappa shape index (κ1) is 19.2. The monoisotopic (exact) mass is 383 g/mol. The molecule has 1 heterocycles. The molecule has 0 saturated heterocycles. The van der Waals surface area contributed by atoms with E-state index in [9.17, 15) is 10.2 Å². The summed E-state index contributed by atoms with van der Waals surface area (Å²) in [6.07, 6.45) is 1.36. The number of rotatable bonds is 8. The van der Waals surface area contributed by atoms with Crippen molar-refractivity contribution in [1.29, 1.82) is 0 Å². The molecule has 0 radical (unpaired) electrons. The van der Waals surface area contributed by atoms with Gasteiger partial charge < -0.3 is 30.3 Å². The first-order valence-corrected chi connectivity index (χ1v) is 8.52. The fraction of sp³-hybridized carbons (Fsp3) is 0.211. The predicted molar refractivity (Wildman–Crippen MR) is 105 cm³/mol. The van der Waals surface area contributed by atoms with Crippen LogP contribution in [0.25, 0.3) is 0 Å². The summed E-state index contributed by atoms with van der Waals surface area (Å²) in [5.74, 6) is 1.16. The van der Waals surface area contributed by atoms with Crippen molar-refractivity contribution in [3.8, 4) is 17.2 Å². The second kappa shape index (κ2) is 8.87. The van der Waals surface area contributed by atoms with Crippen LogP contribution in [-0.2, 0) is 4.74 Å². The summed E-state index contributed by atoms with van der Waals surface area (Å²) in [6, 6.07) is 10.0. The van der Waals surface area contributed by atoms with Crippen molar-refractivity contribution in [2.45, 2.75) is 6.92 Å². The van der Waals surface area contributed by atoms with Crippen LogP contribution in [-0.4, -0.2) is 45.5 Å². The average Bonchev–Trinajstić information content (AvgIpc) is 2.68. The van der Waals surface area contributed by atoms with Gasteiger partial charge in [-0.05, 0) is 30.7 Å². The lowest BCUT2D eigenvalue weighted by molar-refractivity contribution is 0.144. The summed E-state index contributed by atoms with van der Waals surface area (Å²) in [6.45, 7) is 2.54. The minimum absolute atomic E-state index is 0.0267. The molecule has 1 aromatic heterocycles. The number of aryl methyl sites for hydroxylation is 1. The van der Waals surface area contributed by atoms with E-state index in [1.807, 2.05) is 13.0 Å². The number of ether oxygens (including phenoxy) is 2.